The molecule has 2 aromatic heterocycles. The van der Waals surface area contributed by atoms with E-state index >= 15 is 0 Å². The fourth-order valence-corrected chi connectivity index (χ4v) is 3.53. The highest BCUT2D eigenvalue weighted by molar-refractivity contribution is 7.14. The molecule has 25 heavy (non-hydrogen) atoms. The van der Waals surface area contributed by atoms with Crippen molar-refractivity contribution in [3.8, 4) is 16.3 Å². The van der Waals surface area contributed by atoms with E-state index in [1.165, 1.54) is 18.3 Å². The summed E-state index contributed by atoms with van der Waals surface area (Å²) in [6.07, 6.45) is 0. The molecule has 0 unspecified atom stereocenters. The van der Waals surface area contributed by atoms with Crippen LogP contribution < -0.4 is 4.74 Å². The number of thiazole rings is 1. The SMILES string of the molecule is CC(=O)c1ccc(OCC(=O)OCc2csc(-c3ccsc3)n2)cc1. The van der Waals surface area contributed by atoms with E-state index < -0.39 is 5.97 Å². The fourth-order valence-electron chi connectivity index (χ4n) is 2.02. The zero-order valence-electron chi connectivity index (χ0n) is 13.4. The molecule has 0 aliphatic rings. The summed E-state index contributed by atoms with van der Waals surface area (Å²) < 4.78 is 10.5. The van der Waals surface area contributed by atoms with Crippen LogP contribution in [-0.2, 0) is 16.1 Å². The average molecular weight is 373 g/mol. The largest absolute Gasteiger partial charge is 0.482 e. The van der Waals surface area contributed by atoms with Crippen molar-refractivity contribution in [1.29, 1.82) is 0 Å². The molecule has 0 aliphatic heterocycles. The Morgan fingerprint density at radius 1 is 1.12 bits per heavy atom. The summed E-state index contributed by atoms with van der Waals surface area (Å²) in [6.45, 7) is 1.42. The Bertz CT molecular complexity index is 854. The topological polar surface area (TPSA) is 65.5 Å². The molecule has 3 aromatic rings. The highest BCUT2D eigenvalue weighted by atomic mass is 32.1. The van der Waals surface area contributed by atoms with Gasteiger partial charge in [0.1, 0.15) is 17.4 Å². The van der Waals surface area contributed by atoms with Crippen LogP contribution in [0.15, 0.2) is 46.5 Å². The number of Topliss-reactive ketones (excluding diaryl/α,β-unsaturated/α-hetero) is 1. The molecule has 0 radical (unpaired) electrons. The zero-order chi connectivity index (χ0) is 17.6. The van der Waals surface area contributed by atoms with E-state index in [-0.39, 0.29) is 19.0 Å². The molecular formula is C18H15NO4S2. The van der Waals surface area contributed by atoms with Crippen LogP contribution >= 0.6 is 22.7 Å². The smallest absolute Gasteiger partial charge is 0.344 e. The number of carbonyl (C=O) groups excluding carboxylic acids is 2. The van der Waals surface area contributed by atoms with Crippen molar-refractivity contribution in [3.63, 3.8) is 0 Å². The minimum absolute atomic E-state index is 0.0176. The number of aromatic nitrogens is 1. The molecule has 0 fully saturated rings. The minimum Gasteiger partial charge on any atom is -0.482 e. The monoisotopic (exact) mass is 373 g/mol. The Labute approximate surface area is 152 Å². The van der Waals surface area contributed by atoms with Gasteiger partial charge in [0.05, 0.1) is 5.69 Å². The zero-order valence-corrected chi connectivity index (χ0v) is 15.1. The van der Waals surface area contributed by atoms with E-state index in [0.717, 1.165) is 10.6 Å². The quantitative estimate of drug-likeness (QED) is 0.459. The third-order valence-electron chi connectivity index (χ3n) is 3.32. The second kappa shape index (κ2) is 8.04. The molecule has 5 nitrogen and oxygen atoms in total. The number of benzene rings is 1. The number of ketones is 1. The maximum absolute atomic E-state index is 11.8. The van der Waals surface area contributed by atoms with Gasteiger partial charge in [-0.1, -0.05) is 0 Å². The van der Waals surface area contributed by atoms with Gasteiger partial charge in [0.2, 0.25) is 0 Å². The first kappa shape index (κ1) is 17.3. The van der Waals surface area contributed by atoms with Gasteiger partial charge in [0.15, 0.2) is 12.4 Å². The molecule has 2 heterocycles. The molecule has 0 N–H and O–H groups in total. The number of rotatable bonds is 7. The predicted molar refractivity (Wildman–Crippen MR) is 97.2 cm³/mol. The number of nitrogens with zero attached hydrogens (tertiary/aromatic N) is 1. The molecule has 7 heteroatoms. The number of ether oxygens (including phenoxy) is 2. The lowest BCUT2D eigenvalue weighted by atomic mass is 10.1. The van der Waals surface area contributed by atoms with Gasteiger partial charge in [-0.05, 0) is 42.6 Å². The Kier molecular flexibility index (Phi) is 5.57. The molecule has 3 rings (SSSR count). The number of thiophene rings is 1. The summed E-state index contributed by atoms with van der Waals surface area (Å²) in [5.41, 5.74) is 2.38. The van der Waals surface area contributed by atoms with E-state index in [1.807, 2.05) is 22.2 Å². The average Bonchev–Trinajstić information content (AvgIpc) is 3.29. The molecule has 0 spiro atoms. The van der Waals surface area contributed by atoms with Crippen LogP contribution in [0.25, 0.3) is 10.6 Å². The fraction of sp³-hybridized carbons (Fsp3) is 0.167. The molecule has 0 aliphatic carbocycles. The Balaban J connectivity index is 1.46. The maximum atomic E-state index is 11.8. The Morgan fingerprint density at radius 3 is 2.60 bits per heavy atom. The second-order valence-electron chi connectivity index (χ2n) is 5.19. The van der Waals surface area contributed by atoms with Crippen molar-refractivity contribution in [3.05, 3.63) is 57.7 Å². The van der Waals surface area contributed by atoms with E-state index in [9.17, 15) is 9.59 Å². The molecule has 0 saturated heterocycles. The summed E-state index contributed by atoms with van der Waals surface area (Å²) in [7, 11) is 0. The van der Waals surface area contributed by atoms with Crippen LogP contribution in [-0.4, -0.2) is 23.3 Å². The summed E-state index contributed by atoms with van der Waals surface area (Å²) in [5.74, 6) is 0.0205. The van der Waals surface area contributed by atoms with Crippen LogP contribution in [0.3, 0.4) is 0 Å². The lowest BCUT2D eigenvalue weighted by Gasteiger charge is -2.06. The third-order valence-corrected chi connectivity index (χ3v) is 4.94. The predicted octanol–water partition coefficient (Wildman–Crippen LogP) is 4.20. The van der Waals surface area contributed by atoms with Gasteiger partial charge in [0, 0.05) is 21.9 Å². The number of esters is 1. The standard InChI is InChI=1S/C18H15NO4S2/c1-12(20)13-2-4-16(5-3-13)22-9-17(21)23-8-15-11-25-18(19-15)14-6-7-24-10-14/h2-7,10-11H,8-9H2,1H3. The lowest BCUT2D eigenvalue weighted by molar-refractivity contribution is -0.147. The molecule has 0 saturated carbocycles. The Hall–Kier alpha value is -2.51. The third kappa shape index (κ3) is 4.74. The molecule has 128 valence electrons. The molecule has 1 aromatic carbocycles. The lowest BCUT2D eigenvalue weighted by Crippen LogP contribution is -2.14. The van der Waals surface area contributed by atoms with Crippen molar-refractivity contribution in [1.82, 2.24) is 4.98 Å². The van der Waals surface area contributed by atoms with E-state index in [1.54, 1.807) is 35.6 Å². The summed E-state index contributed by atoms with van der Waals surface area (Å²) in [5, 5.41) is 6.81. The van der Waals surface area contributed by atoms with Crippen LogP contribution in [0.2, 0.25) is 0 Å². The van der Waals surface area contributed by atoms with Crippen molar-refractivity contribution in [2.24, 2.45) is 0 Å². The van der Waals surface area contributed by atoms with Gasteiger partial charge in [-0.15, -0.1) is 11.3 Å². The van der Waals surface area contributed by atoms with Gasteiger partial charge in [0.25, 0.3) is 0 Å². The van der Waals surface area contributed by atoms with E-state index in [4.69, 9.17) is 9.47 Å². The van der Waals surface area contributed by atoms with Crippen LogP contribution in [0.5, 0.6) is 5.75 Å². The number of carbonyl (C=O) groups is 2. The van der Waals surface area contributed by atoms with Crippen molar-refractivity contribution < 1.29 is 19.1 Å². The highest BCUT2D eigenvalue weighted by Crippen LogP contribution is 2.25. The second-order valence-corrected chi connectivity index (χ2v) is 6.82. The first-order valence-corrected chi connectivity index (χ1v) is 9.30. The first-order valence-electron chi connectivity index (χ1n) is 7.48. The van der Waals surface area contributed by atoms with Crippen molar-refractivity contribution >= 4 is 34.4 Å². The highest BCUT2D eigenvalue weighted by Gasteiger charge is 2.09. The minimum atomic E-state index is -0.472. The van der Waals surface area contributed by atoms with Gasteiger partial charge >= 0.3 is 5.97 Å². The number of hydrogen-bond acceptors (Lipinski definition) is 7. The van der Waals surface area contributed by atoms with Gasteiger partial charge in [-0.3, -0.25) is 4.79 Å². The molecule has 0 bridgehead atoms. The molecule has 0 amide bonds. The summed E-state index contributed by atoms with van der Waals surface area (Å²) >= 11 is 3.13. The van der Waals surface area contributed by atoms with Crippen LogP contribution in [0.4, 0.5) is 0 Å². The summed E-state index contributed by atoms with van der Waals surface area (Å²) in [6, 6.07) is 8.62. The normalized spacial score (nSPS) is 10.4. The van der Waals surface area contributed by atoms with Crippen LogP contribution in [0.1, 0.15) is 23.0 Å². The number of hydrogen-bond donors (Lipinski definition) is 0. The van der Waals surface area contributed by atoms with Gasteiger partial charge in [-0.2, -0.15) is 11.3 Å². The van der Waals surface area contributed by atoms with E-state index in [2.05, 4.69) is 4.98 Å². The maximum Gasteiger partial charge on any atom is 0.344 e. The Morgan fingerprint density at radius 2 is 1.92 bits per heavy atom. The molecule has 0 atom stereocenters. The van der Waals surface area contributed by atoms with Crippen LogP contribution in [0, 0.1) is 0 Å². The van der Waals surface area contributed by atoms with E-state index in [0.29, 0.717) is 17.0 Å². The van der Waals surface area contributed by atoms with Crippen molar-refractivity contribution in [2.75, 3.05) is 6.61 Å². The van der Waals surface area contributed by atoms with Gasteiger partial charge < -0.3 is 9.47 Å². The van der Waals surface area contributed by atoms with Gasteiger partial charge in [-0.25, -0.2) is 9.78 Å². The molecular weight excluding hydrogens is 358 g/mol. The summed E-state index contributed by atoms with van der Waals surface area (Å²) in [4.78, 5) is 27.4. The van der Waals surface area contributed by atoms with Crippen molar-refractivity contribution in [2.45, 2.75) is 13.5 Å². The first-order chi connectivity index (χ1) is 12.1.